The quantitative estimate of drug-likeness (QED) is 0.0401. The Labute approximate surface area is 800 Å². The van der Waals surface area contributed by atoms with Crippen LogP contribution in [0.4, 0.5) is 0 Å². The highest BCUT2D eigenvalue weighted by Crippen LogP contribution is 2.61. The summed E-state index contributed by atoms with van der Waals surface area (Å²) in [6, 6.07) is 3.62. The van der Waals surface area contributed by atoms with Crippen LogP contribution in [0.1, 0.15) is 114 Å². The molecule has 0 aromatic heterocycles. The molecule has 5 aliphatic rings. The molecule has 758 valence electrons. The largest absolute Gasteiger partial charge is 0.504 e. The molecule has 0 bridgehead atoms. The summed E-state index contributed by atoms with van der Waals surface area (Å²) in [5.74, 6) is -78.8. The summed E-state index contributed by atoms with van der Waals surface area (Å²) in [6.45, 7) is -3.30. The fourth-order valence-electron chi connectivity index (χ4n) is 15.6. The Kier molecular flexibility index (Phi) is 24.2. The first kappa shape index (κ1) is 98.0. The molecule has 10 unspecified atom stereocenters. The Morgan fingerprint density at radius 1 is 0.267 bits per heavy atom. The first-order valence-electron chi connectivity index (χ1n) is 40.2. The number of carbonyl (C=O) groups is 11. The van der Waals surface area contributed by atoms with E-state index in [-0.39, 0.29) is 42.5 Å². The van der Waals surface area contributed by atoms with Crippen LogP contribution < -0.4 is 9.47 Å². The number of aromatic carboxylic acids is 1. The summed E-state index contributed by atoms with van der Waals surface area (Å²) in [4.78, 5) is 164. The van der Waals surface area contributed by atoms with Gasteiger partial charge in [-0.05, 0) is 60.7 Å². The standard InChI is InChI=1S/C89H60O57/c90-28-1-17(2-29(91)50(28)102)78(123)133-15-42-72(74-75(88(137-42)145-79(124)18-3-30(92)51(103)31(93)4-18)143-84(129)23-10-37(99)56(108)64(116)47(23)48-24(85(130)142-74)13-40(59(111)65(48)117)135-69-26(77(121)122)11-38(100)57(109)67(69)119)140-87(132)27-12-39(101)58(110)68(120)70(27)136-41-14-25-49(66(118)60(41)112)46-22(9-36(98)55(107)63(46)115)83(128)141-73-71-43(138-89(76(73)144-86(25)131)146-80(125)19-5-32(94)52(104)33(95)6-19)16-134-81(126)20-7-34(96)53(105)61(113)44(20)45-21(82(127)139-71)8-35(97)54(106)62(45)114/h1-14,42-43,71-76,88-120H,15-16H2,(H,121,122). The second-order valence-corrected chi connectivity index (χ2v) is 31.4. The third kappa shape index (κ3) is 16.5. The van der Waals surface area contributed by atoms with E-state index in [1.807, 2.05) is 0 Å². The average molecular weight is 2040 g/mol. The zero-order valence-corrected chi connectivity index (χ0v) is 71.3. The van der Waals surface area contributed by atoms with Crippen LogP contribution in [-0.4, -0.2) is 304 Å². The Hall–Kier alpha value is -21.1. The number of hydrogen-bond donors (Lipinski definition) is 32. The van der Waals surface area contributed by atoms with E-state index >= 15 is 28.8 Å². The number of aromatic hydroxyl groups is 31. The van der Waals surface area contributed by atoms with Crippen LogP contribution in [0.5, 0.6) is 201 Å². The summed E-state index contributed by atoms with van der Waals surface area (Å²) < 4.78 is 80.4. The Morgan fingerprint density at radius 2 is 0.548 bits per heavy atom. The molecule has 16 rings (SSSR count). The van der Waals surface area contributed by atoms with Gasteiger partial charge in [-0.1, -0.05) is 0 Å². The number of phenolic OH excluding ortho intramolecular Hbond substituents is 31. The van der Waals surface area contributed by atoms with E-state index in [1.54, 1.807) is 0 Å². The van der Waals surface area contributed by atoms with Gasteiger partial charge in [-0.25, -0.2) is 52.7 Å². The van der Waals surface area contributed by atoms with Crippen LogP contribution in [0.3, 0.4) is 0 Å². The van der Waals surface area contributed by atoms with E-state index in [0.717, 1.165) is 0 Å². The lowest BCUT2D eigenvalue weighted by molar-refractivity contribution is -0.283. The fourth-order valence-corrected chi connectivity index (χ4v) is 15.6. The minimum Gasteiger partial charge on any atom is -0.504 e. The lowest BCUT2D eigenvalue weighted by Crippen LogP contribution is -2.63. The smallest absolute Gasteiger partial charge is 0.342 e. The van der Waals surface area contributed by atoms with Crippen LogP contribution in [0.25, 0.3) is 33.4 Å². The number of carboxylic acids is 1. The molecule has 11 aromatic rings. The highest BCUT2D eigenvalue weighted by Gasteiger charge is 2.59. The zero-order valence-electron chi connectivity index (χ0n) is 71.3. The lowest BCUT2D eigenvalue weighted by atomic mass is 9.90. The second kappa shape index (κ2) is 36.0. The normalized spacial score (nSPS) is 18.8. The minimum atomic E-state index is -3.21. The molecule has 2 saturated heterocycles. The van der Waals surface area contributed by atoms with Gasteiger partial charge in [-0.2, -0.15) is 0 Å². The molecule has 5 aliphatic heterocycles. The third-order valence-electron chi connectivity index (χ3n) is 22.6. The molecule has 0 amide bonds. The molecule has 2 fully saturated rings. The SMILES string of the molecule is O=C(OCC1OC(OC(=O)c2cc(O)c(O)c(O)c2)C2OC(=O)c3cc(O)c(O)c(O)c3-c3c(cc(Oc4c(C(=O)O)cc(O)c(O)c4O)c(O)c3O)C(=O)OC2C1OC(=O)c1cc(O)c(O)c(O)c1Oc1cc2c(c(O)c1O)-c1c(cc(O)c(O)c1O)C(=O)OC1C3OC(=O)c4cc(O)c(O)c(O)c4-c4c(cc(O)c(O)c4O)C(=O)OCC3OC(OC(=O)c3cc(O)c(O)c(O)c3)C1OC2=O)c1cc(O)c(O)c(O)c1. The molecule has 57 nitrogen and oxygen atoms in total. The van der Waals surface area contributed by atoms with E-state index in [1.165, 1.54) is 0 Å². The first-order valence-corrected chi connectivity index (χ1v) is 40.2. The van der Waals surface area contributed by atoms with Crippen molar-refractivity contribution in [2.45, 2.75) is 61.4 Å². The van der Waals surface area contributed by atoms with Gasteiger partial charge in [0, 0.05) is 57.6 Å². The number of benzene rings is 11. The maximum absolute atomic E-state index is 16.0. The summed E-state index contributed by atoms with van der Waals surface area (Å²) in [7, 11) is 0. The number of carbonyl (C=O) groups excluding carboxylic acids is 10. The number of cyclic esters (lactones) is 1. The van der Waals surface area contributed by atoms with Crippen molar-refractivity contribution in [3.05, 3.63) is 146 Å². The highest BCUT2D eigenvalue weighted by atomic mass is 16.8. The van der Waals surface area contributed by atoms with Crippen LogP contribution in [0, 0.1) is 0 Å². The molecule has 0 aliphatic carbocycles. The molecule has 0 saturated carbocycles. The summed E-state index contributed by atoms with van der Waals surface area (Å²) in [5.41, 5.74) is -23.5. The van der Waals surface area contributed by atoms with Gasteiger partial charge >= 0.3 is 65.7 Å². The van der Waals surface area contributed by atoms with Gasteiger partial charge in [-0.15, -0.1) is 0 Å². The Bertz CT molecular complexity index is 7550. The van der Waals surface area contributed by atoms with E-state index in [4.69, 9.17) is 66.3 Å². The number of rotatable bonds is 14. The van der Waals surface area contributed by atoms with E-state index in [2.05, 4.69) is 0 Å². The van der Waals surface area contributed by atoms with Gasteiger partial charge in [-0.3, -0.25) is 0 Å². The van der Waals surface area contributed by atoms with Crippen molar-refractivity contribution >= 4 is 65.7 Å². The fraction of sp³-hybridized carbons (Fsp3) is 0.135. The molecule has 0 spiro atoms. The number of carboxylic acid groups (broad SMARTS) is 1. The average Bonchev–Trinajstić information content (AvgIpc) is 0.798. The van der Waals surface area contributed by atoms with Crippen LogP contribution in [0.2, 0.25) is 0 Å². The topological polar surface area (TPSA) is 964 Å². The molecule has 57 heteroatoms. The summed E-state index contributed by atoms with van der Waals surface area (Å²) in [5, 5.41) is 354. The van der Waals surface area contributed by atoms with Gasteiger partial charge in [0.15, 0.2) is 168 Å². The lowest BCUT2D eigenvalue weighted by Gasteiger charge is -2.44. The Balaban J connectivity index is 0.867. The van der Waals surface area contributed by atoms with Crippen LogP contribution in [-0.2, 0) is 56.8 Å². The van der Waals surface area contributed by atoms with Crippen molar-refractivity contribution in [2.24, 2.45) is 0 Å². The summed E-state index contributed by atoms with van der Waals surface area (Å²) in [6.07, 6.45) is -29.7. The van der Waals surface area contributed by atoms with E-state index < -0.39 is 436 Å². The van der Waals surface area contributed by atoms with Crippen molar-refractivity contribution in [3.63, 3.8) is 0 Å². The molecule has 10 atom stereocenters. The number of hydrogen-bond acceptors (Lipinski definition) is 56. The zero-order chi connectivity index (χ0) is 106. The minimum absolute atomic E-state index is 0.000246. The third-order valence-corrected chi connectivity index (χ3v) is 22.6. The van der Waals surface area contributed by atoms with Gasteiger partial charge < -0.3 is 230 Å². The molecule has 146 heavy (non-hydrogen) atoms. The van der Waals surface area contributed by atoms with Crippen molar-refractivity contribution in [2.75, 3.05) is 13.2 Å². The van der Waals surface area contributed by atoms with E-state index in [9.17, 15) is 187 Å². The predicted octanol–water partition coefficient (Wildman–Crippen LogP) is 4.62. The van der Waals surface area contributed by atoms with Gasteiger partial charge in [0.05, 0.1) is 50.1 Å². The molecular weight excluding hydrogens is 1980 g/mol. The number of fused-ring (bicyclic) bond motifs is 13. The van der Waals surface area contributed by atoms with Crippen molar-refractivity contribution in [3.8, 4) is 235 Å². The van der Waals surface area contributed by atoms with Crippen molar-refractivity contribution < 1.29 is 282 Å². The first-order chi connectivity index (χ1) is 68.7. The van der Waals surface area contributed by atoms with Gasteiger partial charge in [0.25, 0.3) is 0 Å². The maximum atomic E-state index is 16.0. The van der Waals surface area contributed by atoms with Crippen molar-refractivity contribution in [1.29, 1.82) is 0 Å². The number of ether oxygens (including phenoxy) is 14. The highest BCUT2D eigenvalue weighted by molar-refractivity contribution is 6.13. The molecular formula is C89H60O57. The van der Waals surface area contributed by atoms with Crippen LogP contribution in [0.15, 0.2) is 84.9 Å². The Morgan fingerprint density at radius 3 is 0.918 bits per heavy atom. The predicted molar refractivity (Wildman–Crippen MR) is 450 cm³/mol. The molecule has 32 N–H and O–H groups in total. The number of esters is 10. The molecule has 0 radical (unpaired) electrons. The van der Waals surface area contributed by atoms with Gasteiger partial charge in [0.1, 0.15) is 36.5 Å². The van der Waals surface area contributed by atoms with E-state index in [0.29, 0.717) is 42.5 Å². The number of phenols is 31. The van der Waals surface area contributed by atoms with Crippen molar-refractivity contribution in [1.82, 2.24) is 0 Å². The molecule has 11 aromatic carbocycles. The summed E-state index contributed by atoms with van der Waals surface area (Å²) >= 11 is 0. The molecule has 5 heterocycles. The van der Waals surface area contributed by atoms with Gasteiger partial charge in [0.2, 0.25) is 82.3 Å². The second-order valence-electron chi connectivity index (χ2n) is 31.4. The maximum Gasteiger partial charge on any atom is 0.342 e. The monoisotopic (exact) mass is 2040 g/mol. The van der Waals surface area contributed by atoms with Crippen LogP contribution >= 0.6 is 0 Å².